The first-order chi connectivity index (χ1) is 6.29. The predicted molar refractivity (Wildman–Crippen MR) is 53.5 cm³/mol. The van der Waals surface area contributed by atoms with E-state index >= 15 is 0 Å². The molecule has 2 N–H and O–H groups in total. The van der Waals surface area contributed by atoms with E-state index in [0.29, 0.717) is 11.1 Å². The standard InChI is InChI=1S/C10H13ClN2/c11-10-8(5-2-6-13-10)9(12)7-3-1-4-7/h2,5-7,9H,1,3-4,12H2/t9-/m1/s1. The van der Waals surface area contributed by atoms with Crippen molar-refractivity contribution < 1.29 is 0 Å². The normalized spacial score (nSPS) is 19.5. The monoisotopic (exact) mass is 196 g/mol. The molecule has 1 fully saturated rings. The largest absolute Gasteiger partial charge is 0.324 e. The van der Waals surface area contributed by atoms with Gasteiger partial charge in [-0.3, -0.25) is 0 Å². The summed E-state index contributed by atoms with van der Waals surface area (Å²) in [6.07, 6.45) is 5.45. The summed E-state index contributed by atoms with van der Waals surface area (Å²) in [4.78, 5) is 4.03. The van der Waals surface area contributed by atoms with Crippen molar-refractivity contribution in [2.24, 2.45) is 11.7 Å². The van der Waals surface area contributed by atoms with Crippen molar-refractivity contribution in [1.29, 1.82) is 0 Å². The molecular formula is C10H13ClN2. The van der Waals surface area contributed by atoms with E-state index in [0.717, 1.165) is 5.56 Å². The minimum absolute atomic E-state index is 0.0787. The first-order valence-corrected chi connectivity index (χ1v) is 5.03. The summed E-state index contributed by atoms with van der Waals surface area (Å²) in [5.74, 6) is 0.613. The number of aromatic nitrogens is 1. The maximum atomic E-state index is 6.08. The van der Waals surface area contributed by atoms with Crippen LogP contribution in [-0.2, 0) is 0 Å². The second-order valence-corrected chi connectivity index (χ2v) is 3.96. The van der Waals surface area contributed by atoms with E-state index in [-0.39, 0.29) is 6.04 Å². The summed E-state index contributed by atoms with van der Waals surface area (Å²) in [7, 11) is 0. The molecule has 1 aromatic heterocycles. The van der Waals surface area contributed by atoms with Gasteiger partial charge in [-0.05, 0) is 24.8 Å². The lowest BCUT2D eigenvalue weighted by molar-refractivity contribution is 0.264. The van der Waals surface area contributed by atoms with E-state index in [9.17, 15) is 0 Å². The van der Waals surface area contributed by atoms with Crippen molar-refractivity contribution in [2.75, 3.05) is 0 Å². The Kier molecular flexibility index (Phi) is 2.51. The fraction of sp³-hybridized carbons (Fsp3) is 0.500. The Morgan fingerprint density at radius 1 is 1.54 bits per heavy atom. The number of halogens is 1. The van der Waals surface area contributed by atoms with Gasteiger partial charge in [0.2, 0.25) is 0 Å². The average Bonchev–Trinajstić information content (AvgIpc) is 2.01. The van der Waals surface area contributed by atoms with Crippen LogP contribution in [0, 0.1) is 5.92 Å². The third-order valence-electron chi connectivity index (χ3n) is 2.80. The Morgan fingerprint density at radius 3 is 2.85 bits per heavy atom. The molecule has 0 radical (unpaired) electrons. The Balaban J connectivity index is 2.18. The molecule has 0 aromatic carbocycles. The van der Waals surface area contributed by atoms with Crippen LogP contribution in [0.3, 0.4) is 0 Å². The number of hydrogen-bond acceptors (Lipinski definition) is 2. The zero-order valence-electron chi connectivity index (χ0n) is 7.41. The summed E-state index contributed by atoms with van der Waals surface area (Å²) < 4.78 is 0. The van der Waals surface area contributed by atoms with Crippen LogP contribution in [-0.4, -0.2) is 4.98 Å². The van der Waals surface area contributed by atoms with Gasteiger partial charge in [0.15, 0.2) is 0 Å². The van der Waals surface area contributed by atoms with Crippen LogP contribution in [0.1, 0.15) is 30.9 Å². The smallest absolute Gasteiger partial charge is 0.133 e. The third-order valence-corrected chi connectivity index (χ3v) is 3.12. The molecule has 1 heterocycles. The van der Waals surface area contributed by atoms with Crippen LogP contribution in [0.15, 0.2) is 18.3 Å². The van der Waals surface area contributed by atoms with Gasteiger partial charge in [-0.2, -0.15) is 0 Å². The van der Waals surface area contributed by atoms with Gasteiger partial charge in [0.05, 0.1) is 0 Å². The molecule has 0 amide bonds. The molecule has 2 rings (SSSR count). The fourth-order valence-electron chi connectivity index (χ4n) is 1.70. The van der Waals surface area contributed by atoms with Crippen LogP contribution < -0.4 is 5.73 Å². The Bertz CT molecular complexity index is 297. The minimum atomic E-state index is 0.0787. The molecule has 2 nitrogen and oxygen atoms in total. The molecule has 3 heteroatoms. The molecule has 0 unspecified atom stereocenters. The van der Waals surface area contributed by atoms with Gasteiger partial charge >= 0.3 is 0 Å². The number of nitrogens with zero attached hydrogens (tertiary/aromatic N) is 1. The van der Waals surface area contributed by atoms with E-state index in [2.05, 4.69) is 4.98 Å². The maximum Gasteiger partial charge on any atom is 0.133 e. The topological polar surface area (TPSA) is 38.9 Å². The molecule has 0 spiro atoms. The Labute approximate surface area is 83.1 Å². The van der Waals surface area contributed by atoms with Gasteiger partial charge in [-0.25, -0.2) is 4.98 Å². The van der Waals surface area contributed by atoms with Crippen LogP contribution in [0.4, 0.5) is 0 Å². The predicted octanol–water partition coefficient (Wildman–Crippen LogP) is 2.53. The molecule has 1 aliphatic carbocycles. The third kappa shape index (κ3) is 1.69. The van der Waals surface area contributed by atoms with E-state index < -0.39 is 0 Å². The van der Waals surface area contributed by atoms with Gasteiger partial charge in [-0.15, -0.1) is 0 Å². The zero-order chi connectivity index (χ0) is 9.26. The van der Waals surface area contributed by atoms with Gasteiger partial charge in [0.25, 0.3) is 0 Å². The van der Waals surface area contributed by atoms with Gasteiger partial charge in [0.1, 0.15) is 5.15 Å². The van der Waals surface area contributed by atoms with Crippen molar-refractivity contribution in [3.05, 3.63) is 29.0 Å². The van der Waals surface area contributed by atoms with Crippen molar-refractivity contribution in [1.82, 2.24) is 4.98 Å². The Morgan fingerprint density at radius 2 is 2.31 bits per heavy atom. The van der Waals surface area contributed by atoms with Crippen LogP contribution in [0.25, 0.3) is 0 Å². The summed E-state index contributed by atoms with van der Waals surface area (Å²) >= 11 is 5.95. The molecule has 13 heavy (non-hydrogen) atoms. The van der Waals surface area contributed by atoms with Crippen LogP contribution in [0.5, 0.6) is 0 Å². The molecule has 0 aliphatic heterocycles. The summed E-state index contributed by atoms with van der Waals surface area (Å²) in [6.45, 7) is 0. The molecule has 1 aliphatic rings. The van der Waals surface area contributed by atoms with Crippen LogP contribution in [0.2, 0.25) is 5.15 Å². The highest BCUT2D eigenvalue weighted by molar-refractivity contribution is 6.30. The molecule has 0 saturated heterocycles. The summed E-state index contributed by atoms with van der Waals surface area (Å²) in [5, 5.41) is 0.557. The molecule has 70 valence electrons. The first-order valence-electron chi connectivity index (χ1n) is 4.65. The van der Waals surface area contributed by atoms with E-state index in [1.54, 1.807) is 6.20 Å². The van der Waals surface area contributed by atoms with Gasteiger partial charge in [-0.1, -0.05) is 24.1 Å². The highest BCUT2D eigenvalue weighted by atomic mass is 35.5. The zero-order valence-corrected chi connectivity index (χ0v) is 8.17. The number of hydrogen-bond donors (Lipinski definition) is 1. The molecule has 1 aromatic rings. The Hall–Kier alpha value is -0.600. The highest BCUT2D eigenvalue weighted by Gasteiger charge is 2.26. The SMILES string of the molecule is N[C@@H](c1cccnc1Cl)C1CCC1. The lowest BCUT2D eigenvalue weighted by atomic mass is 9.78. The van der Waals surface area contributed by atoms with Gasteiger partial charge in [0, 0.05) is 17.8 Å². The summed E-state index contributed by atoms with van der Waals surface area (Å²) in [6, 6.07) is 3.94. The molecule has 1 saturated carbocycles. The number of rotatable bonds is 2. The second kappa shape index (κ2) is 3.64. The quantitative estimate of drug-likeness (QED) is 0.739. The lowest BCUT2D eigenvalue weighted by Gasteiger charge is -2.31. The molecular weight excluding hydrogens is 184 g/mol. The fourth-order valence-corrected chi connectivity index (χ4v) is 1.95. The molecule has 0 bridgehead atoms. The van der Waals surface area contributed by atoms with Crippen molar-refractivity contribution in [2.45, 2.75) is 25.3 Å². The number of nitrogens with two attached hydrogens (primary N) is 1. The maximum absolute atomic E-state index is 6.08. The van der Waals surface area contributed by atoms with Crippen molar-refractivity contribution in [3.63, 3.8) is 0 Å². The minimum Gasteiger partial charge on any atom is -0.324 e. The number of pyridine rings is 1. The van der Waals surface area contributed by atoms with E-state index in [1.165, 1.54) is 19.3 Å². The lowest BCUT2D eigenvalue weighted by Crippen LogP contribution is -2.27. The van der Waals surface area contributed by atoms with Gasteiger partial charge < -0.3 is 5.73 Å². The first kappa shape index (κ1) is 8.97. The summed E-state index contributed by atoms with van der Waals surface area (Å²) in [5.41, 5.74) is 7.07. The van der Waals surface area contributed by atoms with Crippen molar-refractivity contribution in [3.8, 4) is 0 Å². The van der Waals surface area contributed by atoms with Crippen molar-refractivity contribution >= 4 is 11.6 Å². The highest BCUT2D eigenvalue weighted by Crippen LogP contribution is 2.37. The van der Waals surface area contributed by atoms with E-state index in [1.807, 2.05) is 12.1 Å². The molecule has 1 atom stereocenters. The van der Waals surface area contributed by atoms with Crippen LogP contribution >= 0.6 is 11.6 Å². The average molecular weight is 197 g/mol. The second-order valence-electron chi connectivity index (χ2n) is 3.60. The van der Waals surface area contributed by atoms with E-state index in [4.69, 9.17) is 17.3 Å².